The minimum atomic E-state index is -0.613. The van der Waals surface area contributed by atoms with E-state index in [9.17, 15) is 4.21 Å². The van der Waals surface area contributed by atoms with Crippen molar-refractivity contribution in [3.8, 4) is 0 Å². The summed E-state index contributed by atoms with van der Waals surface area (Å²) < 4.78 is 12.0. The molecule has 1 fully saturated rings. The van der Waals surface area contributed by atoms with E-state index in [0.29, 0.717) is 17.0 Å². The molecule has 13 heavy (non-hydrogen) atoms. The molecule has 0 amide bonds. The van der Waals surface area contributed by atoms with Gasteiger partial charge in [0.25, 0.3) is 0 Å². The molecule has 3 heteroatoms. The maximum absolute atomic E-state index is 12.0. The zero-order valence-corrected chi connectivity index (χ0v) is 9.31. The Labute approximate surface area is 83.7 Å². The molecule has 0 bridgehead atoms. The fraction of sp³-hybridized carbons (Fsp3) is 1.00. The quantitative estimate of drug-likeness (QED) is 0.740. The highest BCUT2D eigenvalue weighted by Gasteiger charge is 2.26. The Balaban J connectivity index is 2.42. The molecule has 0 spiro atoms. The van der Waals surface area contributed by atoms with E-state index in [4.69, 9.17) is 5.73 Å². The first-order chi connectivity index (χ1) is 6.29. The third-order valence-corrected chi connectivity index (χ3v) is 5.26. The van der Waals surface area contributed by atoms with Gasteiger partial charge in [0.05, 0.1) is 0 Å². The maximum atomic E-state index is 12.0. The first-order valence-corrected chi connectivity index (χ1v) is 6.66. The highest BCUT2D eigenvalue weighted by molar-refractivity contribution is 7.86. The van der Waals surface area contributed by atoms with E-state index in [0.717, 1.165) is 12.8 Å². The molecule has 0 saturated heterocycles. The Morgan fingerprint density at radius 3 is 2.54 bits per heavy atom. The lowest BCUT2D eigenvalue weighted by Gasteiger charge is -2.18. The molecule has 0 aromatic heterocycles. The lowest BCUT2D eigenvalue weighted by molar-refractivity contribution is 0.635. The summed E-state index contributed by atoms with van der Waals surface area (Å²) in [6, 6.07) is 0. The Kier molecular flexibility index (Phi) is 4.96. The molecule has 2 unspecified atom stereocenters. The summed E-state index contributed by atoms with van der Waals surface area (Å²) in [7, 11) is -0.613. The predicted octanol–water partition coefficient (Wildman–Crippen LogP) is 1.81. The fourth-order valence-corrected chi connectivity index (χ4v) is 4.10. The standard InChI is InChI=1S/C10H21NOS/c1-2-9(7-8-11)13(12)10-5-3-4-6-10/h9-10H,2-8,11H2,1H3. The molecule has 0 aromatic rings. The molecule has 0 aliphatic heterocycles. The minimum Gasteiger partial charge on any atom is -0.330 e. The van der Waals surface area contributed by atoms with E-state index in [-0.39, 0.29) is 0 Å². The van der Waals surface area contributed by atoms with Crippen molar-refractivity contribution in [3.05, 3.63) is 0 Å². The number of hydrogen-bond donors (Lipinski definition) is 1. The van der Waals surface area contributed by atoms with E-state index >= 15 is 0 Å². The van der Waals surface area contributed by atoms with Crippen molar-refractivity contribution in [1.29, 1.82) is 0 Å². The molecule has 1 aliphatic carbocycles. The van der Waals surface area contributed by atoms with Crippen molar-refractivity contribution in [1.82, 2.24) is 0 Å². The van der Waals surface area contributed by atoms with Gasteiger partial charge in [0.15, 0.2) is 0 Å². The van der Waals surface area contributed by atoms with Crippen molar-refractivity contribution in [3.63, 3.8) is 0 Å². The van der Waals surface area contributed by atoms with Gasteiger partial charge in [-0.2, -0.15) is 0 Å². The van der Waals surface area contributed by atoms with Gasteiger partial charge in [0.1, 0.15) is 0 Å². The van der Waals surface area contributed by atoms with Crippen LogP contribution in [0.5, 0.6) is 0 Å². The summed E-state index contributed by atoms with van der Waals surface area (Å²) in [6.07, 6.45) is 6.84. The maximum Gasteiger partial charge on any atom is 0.0360 e. The second-order valence-electron chi connectivity index (χ2n) is 3.84. The lowest BCUT2D eigenvalue weighted by Crippen LogP contribution is -2.26. The van der Waals surface area contributed by atoms with Gasteiger partial charge >= 0.3 is 0 Å². The molecular formula is C10H21NOS. The summed E-state index contributed by atoms with van der Waals surface area (Å²) in [6.45, 7) is 2.80. The summed E-state index contributed by atoms with van der Waals surface area (Å²) >= 11 is 0. The highest BCUT2D eigenvalue weighted by Crippen LogP contribution is 2.26. The molecule has 0 aromatic carbocycles. The average Bonchev–Trinajstić information content (AvgIpc) is 2.65. The molecular weight excluding hydrogens is 182 g/mol. The van der Waals surface area contributed by atoms with Crippen LogP contribution in [0.3, 0.4) is 0 Å². The van der Waals surface area contributed by atoms with Crippen molar-refractivity contribution >= 4 is 10.8 Å². The second kappa shape index (κ2) is 5.76. The number of rotatable bonds is 5. The van der Waals surface area contributed by atoms with Crippen molar-refractivity contribution in [2.75, 3.05) is 6.54 Å². The molecule has 0 radical (unpaired) electrons. The summed E-state index contributed by atoms with van der Waals surface area (Å²) in [5.74, 6) is 0. The van der Waals surface area contributed by atoms with Crippen LogP contribution >= 0.6 is 0 Å². The van der Waals surface area contributed by atoms with Gasteiger partial charge in [-0.25, -0.2) is 0 Å². The summed E-state index contributed by atoms with van der Waals surface area (Å²) in [5.41, 5.74) is 5.51. The van der Waals surface area contributed by atoms with Gasteiger partial charge in [-0.3, -0.25) is 4.21 Å². The lowest BCUT2D eigenvalue weighted by atomic mass is 10.2. The third kappa shape index (κ3) is 3.06. The topological polar surface area (TPSA) is 43.1 Å². The molecule has 2 atom stereocenters. The van der Waals surface area contributed by atoms with Crippen LogP contribution in [0.15, 0.2) is 0 Å². The molecule has 0 heterocycles. The van der Waals surface area contributed by atoms with Crippen LogP contribution in [0, 0.1) is 0 Å². The van der Waals surface area contributed by atoms with E-state index in [1.165, 1.54) is 25.7 Å². The summed E-state index contributed by atoms with van der Waals surface area (Å²) in [5, 5.41) is 0.838. The van der Waals surface area contributed by atoms with Crippen LogP contribution in [0.2, 0.25) is 0 Å². The number of nitrogens with two attached hydrogens (primary N) is 1. The van der Waals surface area contributed by atoms with E-state index in [2.05, 4.69) is 6.92 Å². The zero-order chi connectivity index (χ0) is 9.68. The van der Waals surface area contributed by atoms with Gasteiger partial charge in [-0.15, -0.1) is 0 Å². The van der Waals surface area contributed by atoms with Crippen LogP contribution in [-0.4, -0.2) is 21.3 Å². The van der Waals surface area contributed by atoms with Crippen LogP contribution in [0.25, 0.3) is 0 Å². The third-order valence-electron chi connectivity index (χ3n) is 2.90. The van der Waals surface area contributed by atoms with Gasteiger partial charge in [-0.1, -0.05) is 19.8 Å². The first kappa shape index (κ1) is 11.2. The predicted molar refractivity (Wildman–Crippen MR) is 58.1 cm³/mol. The summed E-state index contributed by atoms with van der Waals surface area (Å²) in [4.78, 5) is 0. The fourth-order valence-electron chi connectivity index (χ4n) is 2.06. The molecule has 1 rings (SSSR count). The van der Waals surface area contributed by atoms with Gasteiger partial charge in [0.2, 0.25) is 0 Å². The van der Waals surface area contributed by atoms with Crippen molar-refractivity contribution < 1.29 is 4.21 Å². The smallest absolute Gasteiger partial charge is 0.0360 e. The SMILES string of the molecule is CCC(CCN)S(=O)C1CCCC1. The molecule has 1 aliphatic rings. The van der Waals surface area contributed by atoms with Crippen molar-refractivity contribution in [2.24, 2.45) is 5.73 Å². The number of hydrogen-bond acceptors (Lipinski definition) is 2. The van der Waals surface area contributed by atoms with Gasteiger partial charge in [-0.05, 0) is 32.2 Å². The zero-order valence-electron chi connectivity index (χ0n) is 8.50. The van der Waals surface area contributed by atoms with Gasteiger partial charge in [0, 0.05) is 21.3 Å². The molecule has 1 saturated carbocycles. The molecule has 2 nitrogen and oxygen atoms in total. The Bertz CT molecular complexity index is 166. The van der Waals surface area contributed by atoms with E-state index in [1.807, 2.05) is 0 Å². The monoisotopic (exact) mass is 203 g/mol. The second-order valence-corrected chi connectivity index (χ2v) is 5.83. The van der Waals surface area contributed by atoms with E-state index < -0.39 is 10.8 Å². The van der Waals surface area contributed by atoms with Crippen LogP contribution in [0.4, 0.5) is 0 Å². The van der Waals surface area contributed by atoms with E-state index in [1.54, 1.807) is 0 Å². The average molecular weight is 203 g/mol. The first-order valence-electron chi connectivity index (χ1n) is 5.39. The van der Waals surface area contributed by atoms with Crippen molar-refractivity contribution in [2.45, 2.75) is 55.9 Å². The van der Waals surface area contributed by atoms with Gasteiger partial charge < -0.3 is 5.73 Å². The minimum absolute atomic E-state index is 0.355. The molecule has 78 valence electrons. The van der Waals surface area contributed by atoms with Crippen LogP contribution in [-0.2, 0) is 10.8 Å². The normalized spacial score (nSPS) is 23.2. The van der Waals surface area contributed by atoms with Crippen LogP contribution in [0.1, 0.15) is 45.4 Å². The Morgan fingerprint density at radius 1 is 1.46 bits per heavy atom. The molecule has 2 N–H and O–H groups in total. The Hall–Kier alpha value is 0.110. The Morgan fingerprint density at radius 2 is 2.08 bits per heavy atom. The highest BCUT2D eigenvalue weighted by atomic mass is 32.2. The van der Waals surface area contributed by atoms with Crippen LogP contribution < -0.4 is 5.73 Å². The largest absolute Gasteiger partial charge is 0.330 e.